The van der Waals surface area contributed by atoms with Crippen molar-refractivity contribution >= 4 is 11.7 Å². The maximum Gasteiger partial charge on any atom is 0.255 e. The van der Waals surface area contributed by atoms with Crippen molar-refractivity contribution in [3.63, 3.8) is 0 Å². The van der Waals surface area contributed by atoms with E-state index in [2.05, 4.69) is 6.92 Å². The van der Waals surface area contributed by atoms with Crippen LogP contribution >= 0.6 is 0 Å². The average Bonchev–Trinajstić information content (AvgIpc) is 3.47. The van der Waals surface area contributed by atoms with Crippen LogP contribution in [-0.2, 0) is 4.79 Å². The summed E-state index contributed by atoms with van der Waals surface area (Å²) in [5.41, 5.74) is 1.69. The molecule has 2 unspecified atom stereocenters. The molecule has 0 aromatic heterocycles. The van der Waals surface area contributed by atoms with Gasteiger partial charge in [-0.25, -0.2) is 0 Å². The van der Waals surface area contributed by atoms with Gasteiger partial charge in [0.25, 0.3) is 5.91 Å². The van der Waals surface area contributed by atoms with Crippen molar-refractivity contribution in [3.8, 4) is 0 Å². The Morgan fingerprint density at radius 1 is 0.815 bits per heavy atom. The Bertz CT molecular complexity index is 741. The molecule has 0 N–H and O–H groups in total. The molecule has 3 heteroatoms. The summed E-state index contributed by atoms with van der Waals surface area (Å²) in [5.74, 6) is 0.148. The van der Waals surface area contributed by atoms with Gasteiger partial charge in [-0.3, -0.25) is 9.59 Å². The Morgan fingerprint density at radius 2 is 1.41 bits per heavy atom. The van der Waals surface area contributed by atoms with Crippen molar-refractivity contribution in [3.05, 3.63) is 71.8 Å². The molecule has 0 saturated carbocycles. The fraction of sp³-hybridized carbons (Fsp3) is 0.417. The number of carbonyl (C=O) groups excluding carboxylic acids is 2. The van der Waals surface area contributed by atoms with Crippen LogP contribution in [0, 0.1) is 0 Å². The van der Waals surface area contributed by atoms with E-state index < -0.39 is 0 Å². The van der Waals surface area contributed by atoms with Gasteiger partial charge >= 0.3 is 0 Å². The van der Waals surface area contributed by atoms with Crippen LogP contribution in [0.1, 0.15) is 73.8 Å². The molecule has 3 rings (SSSR count). The minimum Gasteiger partial charge on any atom is -0.317 e. The average molecular weight is 364 g/mol. The van der Waals surface area contributed by atoms with Gasteiger partial charge in [0.2, 0.25) is 0 Å². The molecule has 0 spiro atoms. The van der Waals surface area contributed by atoms with Crippen LogP contribution in [0.25, 0.3) is 0 Å². The first-order valence-corrected chi connectivity index (χ1v) is 10.2. The molecule has 0 aliphatic carbocycles. The van der Waals surface area contributed by atoms with Crippen molar-refractivity contribution in [2.75, 3.05) is 0 Å². The highest BCUT2D eigenvalue weighted by Crippen LogP contribution is 2.45. The molecule has 0 bridgehead atoms. The van der Waals surface area contributed by atoms with E-state index in [9.17, 15) is 9.59 Å². The standard InChI is InChI=1S/C24H29NO2/c1-2-3-4-5-6-13-18-21(26)23-22(19-14-9-7-10-15-19)25(23)24(27)20-16-11-8-12-17-20/h7-12,14-17,22-23H,2-6,13,18H2,1H3. The lowest BCUT2D eigenvalue weighted by Gasteiger charge is -2.05. The minimum absolute atomic E-state index is 0.0502. The second kappa shape index (κ2) is 9.50. The third-order valence-corrected chi connectivity index (χ3v) is 5.31. The number of unbranched alkanes of at least 4 members (excludes halogenated alkanes) is 5. The zero-order valence-electron chi connectivity index (χ0n) is 16.1. The van der Waals surface area contributed by atoms with E-state index in [4.69, 9.17) is 0 Å². The van der Waals surface area contributed by atoms with Gasteiger partial charge in [0.05, 0.1) is 6.04 Å². The number of ketones is 1. The minimum atomic E-state index is -0.309. The topological polar surface area (TPSA) is 37.1 Å². The maximum absolute atomic E-state index is 12.9. The summed E-state index contributed by atoms with van der Waals surface area (Å²) >= 11 is 0. The van der Waals surface area contributed by atoms with E-state index in [0.29, 0.717) is 12.0 Å². The summed E-state index contributed by atoms with van der Waals surface area (Å²) in [6, 6.07) is 18.7. The van der Waals surface area contributed by atoms with Crippen LogP contribution in [0.5, 0.6) is 0 Å². The lowest BCUT2D eigenvalue weighted by molar-refractivity contribution is -0.119. The second-order valence-electron chi connectivity index (χ2n) is 7.36. The number of hydrogen-bond donors (Lipinski definition) is 0. The number of rotatable bonds is 10. The van der Waals surface area contributed by atoms with Crippen LogP contribution in [0.4, 0.5) is 0 Å². The lowest BCUT2D eigenvalue weighted by atomic mass is 10.0. The van der Waals surface area contributed by atoms with Crippen LogP contribution in [0.2, 0.25) is 0 Å². The third kappa shape index (κ3) is 4.85. The van der Waals surface area contributed by atoms with Gasteiger partial charge in [0.15, 0.2) is 5.78 Å². The summed E-state index contributed by atoms with van der Waals surface area (Å²) in [6.45, 7) is 2.21. The van der Waals surface area contributed by atoms with Gasteiger partial charge in [0.1, 0.15) is 6.04 Å². The fourth-order valence-electron chi connectivity index (χ4n) is 3.77. The molecule has 3 nitrogen and oxygen atoms in total. The van der Waals surface area contributed by atoms with Gasteiger partial charge in [-0.1, -0.05) is 87.6 Å². The number of nitrogens with zero attached hydrogens (tertiary/aromatic N) is 1. The van der Waals surface area contributed by atoms with E-state index in [1.54, 1.807) is 4.90 Å². The molecule has 27 heavy (non-hydrogen) atoms. The molecule has 1 aliphatic heterocycles. The number of carbonyl (C=O) groups is 2. The first-order valence-electron chi connectivity index (χ1n) is 10.2. The Balaban J connectivity index is 1.64. The molecular weight excluding hydrogens is 334 g/mol. The van der Waals surface area contributed by atoms with E-state index in [0.717, 1.165) is 18.4 Å². The molecule has 2 atom stereocenters. The van der Waals surface area contributed by atoms with Crippen molar-refractivity contribution in [2.24, 2.45) is 0 Å². The van der Waals surface area contributed by atoms with E-state index in [1.165, 1.54) is 25.7 Å². The normalized spacial score (nSPS) is 18.3. The van der Waals surface area contributed by atoms with Crippen LogP contribution in [0.15, 0.2) is 60.7 Å². The molecule has 1 aliphatic rings. The predicted molar refractivity (Wildman–Crippen MR) is 109 cm³/mol. The molecule has 1 heterocycles. The molecule has 1 fully saturated rings. The second-order valence-corrected chi connectivity index (χ2v) is 7.36. The van der Waals surface area contributed by atoms with Gasteiger partial charge in [-0.05, 0) is 24.1 Å². The third-order valence-electron chi connectivity index (χ3n) is 5.31. The largest absolute Gasteiger partial charge is 0.317 e. The zero-order valence-corrected chi connectivity index (χ0v) is 16.1. The Labute approximate surface area is 162 Å². The van der Waals surface area contributed by atoms with Crippen LogP contribution in [0.3, 0.4) is 0 Å². The van der Waals surface area contributed by atoms with Gasteiger partial charge < -0.3 is 4.90 Å². The van der Waals surface area contributed by atoms with Crippen LogP contribution < -0.4 is 0 Å². The predicted octanol–water partition coefficient (Wildman–Crippen LogP) is 5.57. The highest BCUT2D eigenvalue weighted by atomic mass is 16.2. The quantitative estimate of drug-likeness (QED) is 0.409. The number of amides is 1. The summed E-state index contributed by atoms with van der Waals surface area (Å²) in [7, 11) is 0. The lowest BCUT2D eigenvalue weighted by Crippen LogP contribution is -2.18. The molecular formula is C24H29NO2. The zero-order chi connectivity index (χ0) is 19.1. The highest BCUT2D eigenvalue weighted by Gasteiger charge is 2.55. The van der Waals surface area contributed by atoms with Crippen molar-refractivity contribution < 1.29 is 9.59 Å². The van der Waals surface area contributed by atoms with Gasteiger partial charge in [0, 0.05) is 12.0 Å². The summed E-state index contributed by atoms with van der Waals surface area (Å²) in [5, 5.41) is 0. The van der Waals surface area contributed by atoms with E-state index >= 15 is 0 Å². The van der Waals surface area contributed by atoms with Gasteiger partial charge in [-0.15, -0.1) is 0 Å². The fourth-order valence-corrected chi connectivity index (χ4v) is 3.77. The molecule has 142 valence electrons. The van der Waals surface area contributed by atoms with Crippen LogP contribution in [-0.4, -0.2) is 22.6 Å². The Morgan fingerprint density at radius 3 is 2.07 bits per heavy atom. The number of benzene rings is 2. The molecule has 2 aromatic rings. The van der Waals surface area contributed by atoms with E-state index in [-0.39, 0.29) is 23.8 Å². The summed E-state index contributed by atoms with van der Waals surface area (Å²) in [4.78, 5) is 27.5. The Hall–Kier alpha value is -2.42. The van der Waals surface area contributed by atoms with Crippen molar-refractivity contribution in [1.82, 2.24) is 4.90 Å². The summed E-state index contributed by atoms with van der Waals surface area (Å²) < 4.78 is 0. The summed E-state index contributed by atoms with van der Waals surface area (Å²) in [6.07, 6.45) is 7.54. The molecule has 0 radical (unpaired) electrons. The number of Topliss-reactive ketones (excluding diaryl/α,β-unsaturated/α-hetero) is 1. The van der Waals surface area contributed by atoms with Gasteiger partial charge in [-0.2, -0.15) is 0 Å². The smallest absolute Gasteiger partial charge is 0.255 e. The molecule has 2 aromatic carbocycles. The monoisotopic (exact) mass is 363 g/mol. The number of hydrogen-bond acceptors (Lipinski definition) is 2. The molecule has 1 amide bonds. The van der Waals surface area contributed by atoms with Crippen molar-refractivity contribution in [2.45, 2.75) is 64.0 Å². The van der Waals surface area contributed by atoms with E-state index in [1.807, 2.05) is 60.7 Å². The highest BCUT2D eigenvalue weighted by molar-refractivity contribution is 6.02. The Kier molecular flexibility index (Phi) is 6.80. The SMILES string of the molecule is CCCCCCCCC(=O)C1C(c2ccccc2)N1C(=O)c1ccccc1. The maximum atomic E-state index is 12.9. The van der Waals surface area contributed by atoms with Crippen molar-refractivity contribution in [1.29, 1.82) is 0 Å². The molecule has 1 saturated heterocycles. The first-order chi connectivity index (χ1) is 13.2. The first kappa shape index (κ1) is 19.3.